The molecular weight excluding hydrogens is 596 g/mol. The van der Waals surface area contributed by atoms with E-state index in [1.54, 1.807) is 61.5 Å². The maximum Gasteiger partial charge on any atom is 0.185 e. The van der Waals surface area contributed by atoms with Gasteiger partial charge in [-0.15, -0.1) is 0 Å². The van der Waals surface area contributed by atoms with Crippen LogP contribution in [0.25, 0.3) is 12.2 Å². The van der Waals surface area contributed by atoms with Gasteiger partial charge in [0.2, 0.25) is 0 Å². The fraction of sp³-hybridized carbons (Fsp3) is 0.231. The number of phenolic OH excluding ortho intramolecular Hbond substituents is 4. The predicted octanol–water partition coefficient (Wildman–Crippen LogP) is 8.44. The van der Waals surface area contributed by atoms with Crippen LogP contribution in [0.3, 0.4) is 0 Å². The molecule has 246 valence electrons. The standard InChI is InChI=1S/C20H22O4.C19H20O4/c1-3-11-24-20-13-19(23)14(4-2)12-16(20)7-10-18(22)15-5-8-17(21)9-6-15;1-3-10-23-19-12-18(22)13(2)11-15(19)6-9-17(21)14-4-7-16(20)8-5-14/h5-10,12-13,21,23H,3-4,11H2,1-2H3;4-9,11-12,20,22H,3,10H2,1-2H3. The number of carbonyl (C=O) groups excluding carboxylic acids is 2. The van der Waals surface area contributed by atoms with Gasteiger partial charge in [0.25, 0.3) is 0 Å². The molecule has 47 heavy (non-hydrogen) atoms. The molecule has 4 aromatic rings. The Morgan fingerprint density at radius 3 is 1.47 bits per heavy atom. The van der Waals surface area contributed by atoms with E-state index in [4.69, 9.17) is 9.47 Å². The Morgan fingerprint density at radius 1 is 0.617 bits per heavy atom. The fourth-order valence-corrected chi connectivity index (χ4v) is 4.33. The highest BCUT2D eigenvalue weighted by Crippen LogP contribution is 2.31. The molecule has 0 aliphatic carbocycles. The summed E-state index contributed by atoms with van der Waals surface area (Å²) in [6.07, 6.45) is 8.68. The molecule has 4 rings (SSSR count). The van der Waals surface area contributed by atoms with Crippen molar-refractivity contribution in [2.24, 2.45) is 0 Å². The van der Waals surface area contributed by atoms with E-state index < -0.39 is 0 Å². The van der Waals surface area contributed by atoms with Crippen molar-refractivity contribution in [3.05, 3.63) is 118 Å². The molecule has 8 heteroatoms. The normalized spacial score (nSPS) is 10.9. The maximum atomic E-state index is 12.2. The summed E-state index contributed by atoms with van der Waals surface area (Å²) in [6.45, 7) is 8.82. The summed E-state index contributed by atoms with van der Waals surface area (Å²) in [4.78, 5) is 24.4. The second-order valence-electron chi connectivity index (χ2n) is 10.7. The molecular formula is C39H42O8. The van der Waals surface area contributed by atoms with Crippen LogP contribution in [0.2, 0.25) is 0 Å². The third kappa shape index (κ3) is 10.8. The number of carbonyl (C=O) groups is 2. The minimum absolute atomic E-state index is 0.120. The Balaban J connectivity index is 0.000000256. The number of ketones is 2. The molecule has 0 aliphatic rings. The summed E-state index contributed by atoms with van der Waals surface area (Å²) in [5.74, 6) is 1.38. The van der Waals surface area contributed by atoms with Crippen molar-refractivity contribution in [1.29, 1.82) is 0 Å². The Hall–Kier alpha value is -5.50. The highest BCUT2D eigenvalue weighted by atomic mass is 16.5. The minimum Gasteiger partial charge on any atom is -0.508 e. The average molecular weight is 639 g/mol. The Labute approximate surface area is 275 Å². The molecule has 0 saturated carbocycles. The van der Waals surface area contributed by atoms with Crippen molar-refractivity contribution >= 4 is 23.7 Å². The molecule has 0 fully saturated rings. The summed E-state index contributed by atoms with van der Waals surface area (Å²) >= 11 is 0. The van der Waals surface area contributed by atoms with E-state index in [0.717, 1.165) is 29.5 Å². The van der Waals surface area contributed by atoms with Gasteiger partial charge in [-0.1, -0.05) is 20.8 Å². The molecule has 0 aromatic heterocycles. The monoisotopic (exact) mass is 638 g/mol. The summed E-state index contributed by atoms with van der Waals surface area (Å²) in [6, 6.07) is 19.0. The highest BCUT2D eigenvalue weighted by Gasteiger charge is 2.10. The molecule has 0 saturated heterocycles. The van der Waals surface area contributed by atoms with E-state index in [1.165, 1.54) is 36.4 Å². The zero-order valence-corrected chi connectivity index (χ0v) is 27.2. The summed E-state index contributed by atoms with van der Waals surface area (Å²) in [5, 5.41) is 38.3. The van der Waals surface area contributed by atoms with E-state index >= 15 is 0 Å². The van der Waals surface area contributed by atoms with Crippen LogP contribution in [-0.4, -0.2) is 45.2 Å². The smallest absolute Gasteiger partial charge is 0.185 e. The lowest BCUT2D eigenvalue weighted by atomic mass is 10.0. The number of aromatic hydroxyl groups is 4. The molecule has 0 bridgehead atoms. The molecule has 0 aliphatic heterocycles. The molecule has 0 amide bonds. The maximum absolute atomic E-state index is 12.2. The van der Waals surface area contributed by atoms with Crippen LogP contribution in [-0.2, 0) is 6.42 Å². The zero-order chi connectivity index (χ0) is 34.3. The number of phenols is 4. The third-order valence-electron chi connectivity index (χ3n) is 6.98. The highest BCUT2D eigenvalue weighted by molar-refractivity contribution is 6.07. The van der Waals surface area contributed by atoms with Crippen LogP contribution in [0.4, 0.5) is 0 Å². The van der Waals surface area contributed by atoms with Gasteiger partial charge in [0.15, 0.2) is 11.6 Å². The first-order chi connectivity index (χ1) is 22.6. The van der Waals surface area contributed by atoms with E-state index in [2.05, 4.69) is 0 Å². The zero-order valence-electron chi connectivity index (χ0n) is 27.2. The summed E-state index contributed by atoms with van der Waals surface area (Å²) < 4.78 is 11.3. The van der Waals surface area contributed by atoms with Gasteiger partial charge in [0, 0.05) is 34.4 Å². The largest absolute Gasteiger partial charge is 0.508 e. The number of hydrogen-bond donors (Lipinski definition) is 4. The second-order valence-corrected chi connectivity index (χ2v) is 10.7. The molecule has 0 atom stereocenters. The molecule has 0 spiro atoms. The number of hydrogen-bond acceptors (Lipinski definition) is 8. The van der Waals surface area contributed by atoms with Crippen LogP contribution in [0.1, 0.15) is 76.6 Å². The van der Waals surface area contributed by atoms with E-state index in [1.807, 2.05) is 26.8 Å². The molecule has 8 nitrogen and oxygen atoms in total. The summed E-state index contributed by atoms with van der Waals surface area (Å²) in [7, 11) is 0. The average Bonchev–Trinajstić information content (AvgIpc) is 3.07. The van der Waals surface area contributed by atoms with Gasteiger partial charge in [0.05, 0.1) is 13.2 Å². The van der Waals surface area contributed by atoms with Crippen LogP contribution < -0.4 is 9.47 Å². The molecule has 0 heterocycles. The van der Waals surface area contributed by atoms with Crippen molar-refractivity contribution in [2.45, 2.75) is 47.0 Å². The lowest BCUT2D eigenvalue weighted by Gasteiger charge is -2.11. The molecule has 0 unspecified atom stereocenters. The molecule has 0 radical (unpaired) electrons. The fourth-order valence-electron chi connectivity index (χ4n) is 4.33. The quantitative estimate of drug-likeness (QED) is 0.0847. The first-order valence-corrected chi connectivity index (χ1v) is 15.5. The van der Waals surface area contributed by atoms with Gasteiger partial charge in [0.1, 0.15) is 34.5 Å². The Kier molecular flexibility index (Phi) is 13.7. The van der Waals surface area contributed by atoms with Gasteiger partial charge in [-0.3, -0.25) is 9.59 Å². The van der Waals surface area contributed by atoms with Crippen LogP contribution in [0, 0.1) is 6.92 Å². The number of rotatable bonds is 13. The van der Waals surface area contributed by atoms with Crippen molar-refractivity contribution in [1.82, 2.24) is 0 Å². The van der Waals surface area contributed by atoms with Crippen molar-refractivity contribution < 1.29 is 39.5 Å². The second kappa shape index (κ2) is 17.8. The Bertz CT molecular complexity index is 1700. The lowest BCUT2D eigenvalue weighted by Crippen LogP contribution is -1.99. The van der Waals surface area contributed by atoms with Gasteiger partial charge >= 0.3 is 0 Å². The van der Waals surface area contributed by atoms with Crippen molar-refractivity contribution in [3.8, 4) is 34.5 Å². The number of aryl methyl sites for hydroxylation is 2. The van der Waals surface area contributed by atoms with E-state index in [-0.39, 0.29) is 34.6 Å². The molecule has 4 aromatic carbocycles. The van der Waals surface area contributed by atoms with Crippen LogP contribution in [0.5, 0.6) is 34.5 Å². The lowest BCUT2D eigenvalue weighted by molar-refractivity contribution is 0.103. The van der Waals surface area contributed by atoms with Crippen LogP contribution >= 0.6 is 0 Å². The van der Waals surface area contributed by atoms with Gasteiger partial charge in [-0.2, -0.15) is 0 Å². The Morgan fingerprint density at radius 2 is 1.04 bits per heavy atom. The SMILES string of the molecule is CCCOc1cc(O)c(C)cc1C=CC(=O)c1ccc(O)cc1.CCCOc1cc(O)c(CC)cc1C=CC(=O)c1ccc(O)cc1. The summed E-state index contributed by atoms with van der Waals surface area (Å²) in [5.41, 5.74) is 3.99. The minimum atomic E-state index is -0.169. The number of allylic oxidation sites excluding steroid dienone is 2. The first-order valence-electron chi connectivity index (χ1n) is 15.5. The number of ether oxygens (including phenoxy) is 2. The van der Waals surface area contributed by atoms with Gasteiger partial charge < -0.3 is 29.9 Å². The predicted molar refractivity (Wildman–Crippen MR) is 185 cm³/mol. The molecule has 4 N–H and O–H groups in total. The van der Waals surface area contributed by atoms with E-state index in [9.17, 15) is 30.0 Å². The van der Waals surface area contributed by atoms with Gasteiger partial charge in [-0.05, 0) is 122 Å². The van der Waals surface area contributed by atoms with Gasteiger partial charge in [-0.25, -0.2) is 0 Å². The van der Waals surface area contributed by atoms with Crippen molar-refractivity contribution in [2.75, 3.05) is 13.2 Å². The number of benzene rings is 4. The van der Waals surface area contributed by atoms with E-state index in [0.29, 0.717) is 47.8 Å². The first kappa shape index (κ1) is 36.0. The topological polar surface area (TPSA) is 134 Å². The van der Waals surface area contributed by atoms with Crippen LogP contribution in [0.15, 0.2) is 84.9 Å². The third-order valence-corrected chi connectivity index (χ3v) is 6.98. The van der Waals surface area contributed by atoms with Crippen molar-refractivity contribution in [3.63, 3.8) is 0 Å².